The molecule has 0 spiro atoms. The predicted molar refractivity (Wildman–Crippen MR) is 99.1 cm³/mol. The number of nitrogens with two attached hydrogens (primary N) is 3. The van der Waals surface area contributed by atoms with E-state index in [9.17, 15) is 19.5 Å². The molecule has 0 rings (SSSR count). The van der Waals surface area contributed by atoms with Crippen molar-refractivity contribution in [3.63, 3.8) is 0 Å². The quantitative estimate of drug-likeness (QED) is 0.148. The Balaban J connectivity index is 5.10. The number of carbonyl (C=O) groups excluding carboxylic acids is 2. The van der Waals surface area contributed by atoms with E-state index in [0.717, 1.165) is 0 Å². The predicted octanol–water partition coefficient (Wildman–Crippen LogP) is -1.27. The molecule has 0 bridgehead atoms. The van der Waals surface area contributed by atoms with E-state index in [-0.39, 0.29) is 30.8 Å². The van der Waals surface area contributed by atoms with Gasteiger partial charge in [-0.15, -0.1) is 0 Å². The van der Waals surface area contributed by atoms with Gasteiger partial charge < -0.3 is 32.9 Å². The first kappa shape index (κ1) is 23.6. The lowest BCUT2D eigenvalue weighted by Gasteiger charge is -2.25. The molecule has 0 aliphatic carbocycles. The second-order valence-corrected chi connectivity index (χ2v) is 6.85. The smallest absolute Gasteiger partial charge is 0.326 e. The van der Waals surface area contributed by atoms with Gasteiger partial charge in [0.1, 0.15) is 12.1 Å². The minimum absolute atomic E-state index is 0.0670. The summed E-state index contributed by atoms with van der Waals surface area (Å²) in [5.74, 6) is -2.69. The fourth-order valence-corrected chi connectivity index (χ4v) is 2.11. The fraction of sp³-hybridized carbons (Fsp3) is 0.750. The van der Waals surface area contributed by atoms with Gasteiger partial charge in [-0.2, -0.15) is 0 Å². The molecule has 150 valence electrons. The number of carboxylic acids is 1. The highest BCUT2D eigenvalue weighted by Crippen LogP contribution is 2.06. The Hall–Kier alpha value is -2.36. The molecule has 26 heavy (non-hydrogen) atoms. The lowest BCUT2D eigenvalue weighted by molar-refractivity contribution is -0.143. The Morgan fingerprint density at radius 2 is 1.58 bits per heavy atom. The third-order valence-electron chi connectivity index (χ3n) is 3.83. The lowest BCUT2D eigenvalue weighted by atomic mass is 10.0. The molecule has 0 saturated carbocycles. The topological polar surface area (TPSA) is 186 Å². The largest absolute Gasteiger partial charge is 0.480 e. The van der Waals surface area contributed by atoms with Crippen molar-refractivity contribution in [3.05, 3.63) is 0 Å². The van der Waals surface area contributed by atoms with Crippen molar-refractivity contribution >= 4 is 23.7 Å². The van der Waals surface area contributed by atoms with Gasteiger partial charge in [0.2, 0.25) is 11.8 Å². The van der Waals surface area contributed by atoms with Crippen LogP contribution in [0.15, 0.2) is 4.99 Å². The van der Waals surface area contributed by atoms with Crippen LogP contribution in [-0.4, -0.2) is 53.5 Å². The first-order valence-corrected chi connectivity index (χ1v) is 8.61. The number of aliphatic imine (C=N–C) groups is 1. The second kappa shape index (κ2) is 11.3. The molecular formula is C16H32N6O4. The molecule has 10 nitrogen and oxygen atoms in total. The van der Waals surface area contributed by atoms with E-state index < -0.39 is 35.9 Å². The summed E-state index contributed by atoms with van der Waals surface area (Å²) in [6, 6.07) is -2.76. The number of hydrogen-bond donors (Lipinski definition) is 6. The van der Waals surface area contributed by atoms with E-state index in [0.29, 0.717) is 6.42 Å². The Bertz CT molecular complexity index is 517. The zero-order valence-corrected chi connectivity index (χ0v) is 15.9. The minimum atomic E-state index is -1.14. The van der Waals surface area contributed by atoms with Crippen molar-refractivity contribution in [1.82, 2.24) is 10.6 Å². The lowest BCUT2D eigenvalue weighted by Crippen LogP contribution is -2.56. The molecule has 3 atom stereocenters. The summed E-state index contributed by atoms with van der Waals surface area (Å²) < 4.78 is 0. The molecule has 9 N–H and O–H groups in total. The first-order chi connectivity index (χ1) is 12.0. The van der Waals surface area contributed by atoms with Crippen LogP contribution >= 0.6 is 0 Å². The standard InChI is InChI=1S/C16H32N6O4/c1-8(2)11(17)14(24)21-10(6-5-7-20-16(18)19)13(23)22-12(9(3)4)15(25)26/h8-12H,5-7,17H2,1-4H3,(H,21,24)(H,22,23)(H,25,26)(H4,18,19,20). The van der Waals surface area contributed by atoms with Gasteiger partial charge in [0.25, 0.3) is 0 Å². The van der Waals surface area contributed by atoms with Gasteiger partial charge in [-0.1, -0.05) is 27.7 Å². The average molecular weight is 372 g/mol. The molecule has 3 unspecified atom stereocenters. The summed E-state index contributed by atoms with van der Waals surface area (Å²) in [4.78, 5) is 39.8. The number of amides is 2. The number of nitrogens with one attached hydrogen (secondary N) is 2. The summed E-state index contributed by atoms with van der Waals surface area (Å²) in [7, 11) is 0. The molecule has 0 radical (unpaired) electrons. The van der Waals surface area contributed by atoms with Crippen LogP contribution < -0.4 is 27.8 Å². The highest BCUT2D eigenvalue weighted by atomic mass is 16.4. The monoisotopic (exact) mass is 372 g/mol. The molecule has 0 heterocycles. The average Bonchev–Trinajstić information content (AvgIpc) is 2.52. The van der Waals surface area contributed by atoms with Crippen LogP contribution in [-0.2, 0) is 14.4 Å². The number of carboxylic acid groups (broad SMARTS) is 1. The van der Waals surface area contributed by atoms with Gasteiger partial charge in [-0.25, -0.2) is 4.79 Å². The molecule has 2 amide bonds. The summed E-state index contributed by atoms with van der Waals surface area (Å²) in [6.45, 7) is 7.22. The molecule has 0 aliphatic rings. The van der Waals surface area contributed by atoms with Crippen LogP contribution in [0.2, 0.25) is 0 Å². The maximum absolute atomic E-state index is 12.5. The summed E-state index contributed by atoms with van der Waals surface area (Å²) in [6.07, 6.45) is 0.663. The fourth-order valence-electron chi connectivity index (χ4n) is 2.11. The number of nitrogens with zero attached hydrogens (tertiary/aromatic N) is 1. The maximum atomic E-state index is 12.5. The molecular weight excluding hydrogens is 340 g/mol. The van der Waals surface area contributed by atoms with Gasteiger partial charge in [-0.3, -0.25) is 14.6 Å². The second-order valence-electron chi connectivity index (χ2n) is 6.85. The SMILES string of the molecule is CC(C)C(N)C(=O)NC(CCCN=C(N)N)C(=O)NC(C(=O)O)C(C)C. The van der Waals surface area contributed by atoms with Crippen LogP contribution in [0, 0.1) is 11.8 Å². The van der Waals surface area contributed by atoms with Crippen LogP contribution in [0.4, 0.5) is 0 Å². The Morgan fingerprint density at radius 1 is 1.00 bits per heavy atom. The third kappa shape index (κ3) is 8.65. The summed E-state index contributed by atoms with van der Waals surface area (Å²) >= 11 is 0. The van der Waals surface area contributed by atoms with Crippen molar-refractivity contribution in [3.8, 4) is 0 Å². The van der Waals surface area contributed by atoms with E-state index in [1.807, 2.05) is 0 Å². The highest BCUT2D eigenvalue weighted by Gasteiger charge is 2.29. The number of carbonyl (C=O) groups is 3. The van der Waals surface area contributed by atoms with Gasteiger partial charge in [0, 0.05) is 6.54 Å². The van der Waals surface area contributed by atoms with E-state index >= 15 is 0 Å². The van der Waals surface area contributed by atoms with Gasteiger partial charge in [-0.05, 0) is 24.7 Å². The highest BCUT2D eigenvalue weighted by molar-refractivity contribution is 5.91. The van der Waals surface area contributed by atoms with Crippen molar-refractivity contribution in [1.29, 1.82) is 0 Å². The molecule has 0 aliphatic heterocycles. The zero-order valence-electron chi connectivity index (χ0n) is 15.9. The van der Waals surface area contributed by atoms with Crippen LogP contribution in [0.1, 0.15) is 40.5 Å². The number of rotatable bonds is 11. The molecule has 0 aromatic rings. The number of aliphatic carboxylic acids is 1. The van der Waals surface area contributed by atoms with Crippen molar-refractivity contribution in [2.45, 2.75) is 58.7 Å². The van der Waals surface area contributed by atoms with Gasteiger partial charge in [0.05, 0.1) is 6.04 Å². The van der Waals surface area contributed by atoms with Crippen LogP contribution in [0.25, 0.3) is 0 Å². The molecule has 0 aromatic heterocycles. The molecule has 10 heteroatoms. The van der Waals surface area contributed by atoms with Gasteiger partial charge >= 0.3 is 5.97 Å². The Morgan fingerprint density at radius 3 is 2.00 bits per heavy atom. The normalized spacial score (nSPS) is 14.4. The van der Waals surface area contributed by atoms with Crippen LogP contribution in [0.5, 0.6) is 0 Å². The summed E-state index contributed by atoms with van der Waals surface area (Å²) in [5, 5.41) is 14.3. The zero-order chi connectivity index (χ0) is 20.4. The molecule has 0 aromatic carbocycles. The van der Waals surface area contributed by atoms with E-state index in [1.165, 1.54) is 0 Å². The van der Waals surface area contributed by atoms with E-state index in [4.69, 9.17) is 17.2 Å². The maximum Gasteiger partial charge on any atom is 0.326 e. The van der Waals surface area contributed by atoms with E-state index in [1.54, 1.807) is 27.7 Å². The van der Waals surface area contributed by atoms with Crippen LogP contribution in [0.3, 0.4) is 0 Å². The number of hydrogen-bond acceptors (Lipinski definition) is 5. The minimum Gasteiger partial charge on any atom is -0.480 e. The Kier molecular flexibility index (Phi) is 10.3. The molecule has 0 saturated heterocycles. The van der Waals surface area contributed by atoms with E-state index in [2.05, 4.69) is 15.6 Å². The third-order valence-corrected chi connectivity index (χ3v) is 3.83. The summed E-state index contributed by atoms with van der Waals surface area (Å²) in [5.41, 5.74) is 16.3. The van der Waals surface area contributed by atoms with Crippen molar-refractivity contribution in [2.24, 2.45) is 34.0 Å². The first-order valence-electron chi connectivity index (χ1n) is 8.61. The van der Waals surface area contributed by atoms with Crippen molar-refractivity contribution in [2.75, 3.05) is 6.54 Å². The number of guanidine groups is 1. The van der Waals surface area contributed by atoms with Crippen molar-refractivity contribution < 1.29 is 19.5 Å². The Labute approximate surface area is 154 Å². The van der Waals surface area contributed by atoms with Gasteiger partial charge in [0.15, 0.2) is 5.96 Å². The molecule has 0 fully saturated rings.